The Bertz CT molecular complexity index is 802. The average Bonchev–Trinajstić information content (AvgIpc) is 3.04. The van der Waals surface area contributed by atoms with Crippen molar-refractivity contribution in [3.63, 3.8) is 0 Å². The Morgan fingerprint density at radius 3 is 2.81 bits per heavy atom. The van der Waals surface area contributed by atoms with Crippen molar-refractivity contribution in [2.75, 3.05) is 20.3 Å². The Hall–Kier alpha value is -2.31. The number of aromatic nitrogens is 3. The van der Waals surface area contributed by atoms with Crippen LogP contribution in [0, 0.1) is 0 Å². The van der Waals surface area contributed by atoms with Crippen molar-refractivity contribution >= 4 is 23.4 Å². The highest BCUT2D eigenvalue weighted by Gasteiger charge is 2.12. The number of aromatic amines is 1. The fraction of sp³-hybridized carbons (Fsp3) is 0.368. The van der Waals surface area contributed by atoms with Crippen molar-refractivity contribution in [1.82, 2.24) is 20.3 Å². The minimum atomic E-state index is 0. The molecular weight excluding hydrogens is 352 g/mol. The van der Waals surface area contributed by atoms with Gasteiger partial charge in [0.1, 0.15) is 17.3 Å². The van der Waals surface area contributed by atoms with Crippen molar-refractivity contribution in [1.29, 1.82) is 0 Å². The number of hydrogen-bond donors (Lipinski definition) is 2. The zero-order chi connectivity index (χ0) is 17.6. The van der Waals surface area contributed by atoms with E-state index in [2.05, 4.69) is 34.1 Å². The third-order valence-corrected chi connectivity index (χ3v) is 3.86. The number of halogens is 1. The summed E-state index contributed by atoms with van der Waals surface area (Å²) in [5.41, 5.74) is 2.70. The van der Waals surface area contributed by atoms with E-state index in [9.17, 15) is 0 Å². The summed E-state index contributed by atoms with van der Waals surface area (Å²) in [6.45, 7) is 5.82. The molecule has 2 heterocycles. The minimum Gasteiger partial charge on any atom is -0.497 e. The Kier molecular flexibility index (Phi) is 7.24. The van der Waals surface area contributed by atoms with Crippen LogP contribution in [0.4, 0.5) is 0 Å². The fourth-order valence-corrected chi connectivity index (χ4v) is 2.57. The first-order valence-corrected chi connectivity index (χ1v) is 8.51. The van der Waals surface area contributed by atoms with Crippen molar-refractivity contribution in [2.45, 2.75) is 26.3 Å². The maximum atomic E-state index is 6.02. The number of pyridine rings is 1. The predicted octanol–water partition coefficient (Wildman–Crippen LogP) is 3.82. The number of benzene rings is 1. The molecule has 1 aromatic carbocycles. The highest BCUT2D eigenvalue weighted by Crippen LogP contribution is 2.33. The maximum absolute atomic E-state index is 6.02. The Morgan fingerprint density at radius 1 is 1.23 bits per heavy atom. The third-order valence-electron chi connectivity index (χ3n) is 3.86. The summed E-state index contributed by atoms with van der Waals surface area (Å²) in [5.74, 6) is 2.29. The number of ether oxygens (including phenoxy) is 2. The number of methoxy groups -OCH3 is 1. The van der Waals surface area contributed by atoms with Gasteiger partial charge >= 0.3 is 0 Å². The van der Waals surface area contributed by atoms with Crippen molar-refractivity contribution in [3.05, 3.63) is 36.7 Å². The van der Waals surface area contributed by atoms with Crippen LogP contribution >= 0.6 is 12.4 Å². The van der Waals surface area contributed by atoms with Gasteiger partial charge in [0.05, 0.1) is 36.5 Å². The molecule has 140 valence electrons. The lowest BCUT2D eigenvalue weighted by molar-refractivity contribution is 0.305. The number of nitrogens with zero attached hydrogens (tertiary/aromatic N) is 2. The standard InChI is InChI=1S/C19H24N4O2.ClH/c1-13(2)21-8-4-10-25-18-11-14(24-3)5-6-15(18)19-22-16-7-9-20-12-17(16)23-19;/h5-7,9,11-13,21H,4,8,10H2,1-3H3,(H,22,23);1H. The van der Waals surface area contributed by atoms with E-state index < -0.39 is 0 Å². The zero-order valence-electron chi connectivity index (χ0n) is 15.3. The molecule has 0 amide bonds. The smallest absolute Gasteiger partial charge is 0.142 e. The second-order valence-electron chi connectivity index (χ2n) is 6.15. The summed E-state index contributed by atoms with van der Waals surface area (Å²) in [7, 11) is 1.65. The van der Waals surface area contributed by atoms with Crippen LogP contribution in [0.2, 0.25) is 0 Å². The number of rotatable bonds is 8. The van der Waals surface area contributed by atoms with E-state index in [1.165, 1.54) is 0 Å². The molecule has 0 saturated heterocycles. The van der Waals surface area contributed by atoms with Gasteiger partial charge in [0, 0.05) is 18.3 Å². The van der Waals surface area contributed by atoms with Gasteiger partial charge < -0.3 is 19.8 Å². The normalized spacial score (nSPS) is 10.8. The molecule has 7 heteroatoms. The van der Waals surface area contributed by atoms with Crippen LogP contribution in [0.3, 0.4) is 0 Å². The molecule has 0 radical (unpaired) electrons. The lowest BCUT2D eigenvalue weighted by Crippen LogP contribution is -2.24. The first kappa shape index (κ1) is 20.0. The first-order valence-electron chi connectivity index (χ1n) is 8.51. The number of hydrogen-bond acceptors (Lipinski definition) is 5. The number of imidazole rings is 1. The number of fused-ring (bicyclic) bond motifs is 1. The molecule has 3 rings (SSSR count). The molecule has 0 fully saturated rings. The molecular formula is C19H25ClN4O2. The predicted molar refractivity (Wildman–Crippen MR) is 106 cm³/mol. The topological polar surface area (TPSA) is 72.1 Å². The van der Waals surface area contributed by atoms with Crippen LogP contribution in [0.25, 0.3) is 22.4 Å². The molecule has 0 aliphatic carbocycles. The molecule has 0 aliphatic heterocycles. The molecule has 6 nitrogen and oxygen atoms in total. The van der Waals surface area contributed by atoms with Crippen LogP contribution in [-0.4, -0.2) is 41.3 Å². The van der Waals surface area contributed by atoms with Crippen LogP contribution in [0.5, 0.6) is 11.5 Å². The minimum absolute atomic E-state index is 0. The van der Waals surface area contributed by atoms with E-state index in [-0.39, 0.29) is 12.4 Å². The molecule has 0 atom stereocenters. The highest BCUT2D eigenvalue weighted by molar-refractivity contribution is 5.85. The van der Waals surface area contributed by atoms with E-state index in [1.807, 2.05) is 24.3 Å². The van der Waals surface area contributed by atoms with Crippen molar-refractivity contribution < 1.29 is 9.47 Å². The van der Waals surface area contributed by atoms with Gasteiger partial charge in [-0.25, -0.2) is 4.98 Å². The molecule has 0 unspecified atom stereocenters. The van der Waals surface area contributed by atoms with Gasteiger partial charge in [-0.15, -0.1) is 12.4 Å². The lowest BCUT2D eigenvalue weighted by Gasteiger charge is -2.13. The molecule has 3 aromatic rings. The largest absolute Gasteiger partial charge is 0.497 e. The van der Waals surface area contributed by atoms with E-state index >= 15 is 0 Å². The monoisotopic (exact) mass is 376 g/mol. The molecule has 2 N–H and O–H groups in total. The zero-order valence-corrected chi connectivity index (χ0v) is 16.1. The van der Waals surface area contributed by atoms with E-state index in [0.717, 1.165) is 46.9 Å². The molecule has 0 bridgehead atoms. The Balaban J connectivity index is 0.00000243. The van der Waals surface area contributed by atoms with Gasteiger partial charge in [-0.3, -0.25) is 4.98 Å². The van der Waals surface area contributed by atoms with Gasteiger partial charge in [-0.1, -0.05) is 13.8 Å². The third kappa shape index (κ3) is 4.86. The van der Waals surface area contributed by atoms with Gasteiger partial charge in [-0.05, 0) is 31.2 Å². The molecule has 0 spiro atoms. The molecule has 26 heavy (non-hydrogen) atoms. The SMILES string of the molecule is COc1ccc(-c2nc3ccncc3[nH]2)c(OCCCNC(C)C)c1.Cl. The quantitative estimate of drug-likeness (QED) is 0.585. The van der Waals surface area contributed by atoms with E-state index in [4.69, 9.17) is 9.47 Å². The summed E-state index contributed by atoms with van der Waals surface area (Å²) in [4.78, 5) is 12.1. The molecule has 2 aromatic heterocycles. The summed E-state index contributed by atoms with van der Waals surface area (Å²) in [6, 6.07) is 8.14. The molecule has 0 saturated carbocycles. The lowest BCUT2D eigenvalue weighted by atomic mass is 10.2. The van der Waals surface area contributed by atoms with Crippen LogP contribution < -0.4 is 14.8 Å². The van der Waals surface area contributed by atoms with Gasteiger partial charge in [0.2, 0.25) is 0 Å². The van der Waals surface area contributed by atoms with Gasteiger partial charge in [0.25, 0.3) is 0 Å². The van der Waals surface area contributed by atoms with Crippen molar-refractivity contribution in [2.24, 2.45) is 0 Å². The van der Waals surface area contributed by atoms with E-state index in [1.54, 1.807) is 19.5 Å². The number of nitrogens with one attached hydrogen (secondary N) is 2. The van der Waals surface area contributed by atoms with E-state index in [0.29, 0.717) is 12.6 Å². The Morgan fingerprint density at radius 2 is 2.08 bits per heavy atom. The van der Waals surface area contributed by atoms with Crippen LogP contribution in [0.15, 0.2) is 36.7 Å². The average molecular weight is 377 g/mol. The fourth-order valence-electron chi connectivity index (χ4n) is 2.57. The number of H-pyrrole nitrogens is 1. The summed E-state index contributed by atoms with van der Waals surface area (Å²) in [6.07, 6.45) is 4.44. The first-order chi connectivity index (χ1) is 12.2. The van der Waals surface area contributed by atoms with Crippen LogP contribution in [-0.2, 0) is 0 Å². The second-order valence-corrected chi connectivity index (χ2v) is 6.15. The maximum Gasteiger partial charge on any atom is 0.142 e. The van der Waals surface area contributed by atoms with Gasteiger partial charge in [-0.2, -0.15) is 0 Å². The molecule has 0 aliphatic rings. The summed E-state index contributed by atoms with van der Waals surface area (Å²) >= 11 is 0. The van der Waals surface area contributed by atoms with Crippen LogP contribution in [0.1, 0.15) is 20.3 Å². The summed E-state index contributed by atoms with van der Waals surface area (Å²) < 4.78 is 11.3. The highest BCUT2D eigenvalue weighted by atomic mass is 35.5. The summed E-state index contributed by atoms with van der Waals surface area (Å²) in [5, 5.41) is 3.39. The second kappa shape index (κ2) is 9.40. The van der Waals surface area contributed by atoms with Gasteiger partial charge in [0.15, 0.2) is 0 Å². The Labute approximate surface area is 159 Å². The van der Waals surface area contributed by atoms with Crippen molar-refractivity contribution in [3.8, 4) is 22.9 Å².